The summed E-state index contributed by atoms with van der Waals surface area (Å²) in [7, 11) is -3.75. The molecule has 0 saturated carbocycles. The van der Waals surface area contributed by atoms with Gasteiger partial charge in [-0.15, -0.1) is 0 Å². The number of hydrogen-bond donors (Lipinski definition) is 3. The number of rotatable bonds is 8. The van der Waals surface area contributed by atoms with Gasteiger partial charge in [-0.05, 0) is 66.2 Å². The molecular formula is C19H22BrN3O5S. The Kier molecular flexibility index (Phi) is 8.18. The lowest BCUT2D eigenvalue weighted by molar-refractivity contribution is -0.121. The van der Waals surface area contributed by atoms with Crippen molar-refractivity contribution in [1.29, 1.82) is 0 Å². The number of halogens is 1. The van der Waals surface area contributed by atoms with Crippen LogP contribution in [0.3, 0.4) is 0 Å². The SMILES string of the molecule is CC(C)Oc1ccc(C(=O)NNC(=O)CCNS(=O)(=O)c2ccccc2Br)cc1. The molecule has 2 amide bonds. The average molecular weight is 484 g/mol. The molecular weight excluding hydrogens is 462 g/mol. The molecule has 0 aliphatic rings. The monoisotopic (exact) mass is 483 g/mol. The van der Waals surface area contributed by atoms with Gasteiger partial charge in [0.05, 0.1) is 11.0 Å². The number of carbonyl (C=O) groups excluding carboxylic acids is 2. The highest BCUT2D eigenvalue weighted by molar-refractivity contribution is 9.10. The number of hydrazine groups is 1. The predicted molar refractivity (Wildman–Crippen MR) is 112 cm³/mol. The number of ether oxygens (including phenoxy) is 1. The molecule has 0 fully saturated rings. The van der Waals surface area contributed by atoms with Gasteiger partial charge >= 0.3 is 0 Å². The fourth-order valence-corrected chi connectivity index (χ4v) is 4.29. The summed E-state index contributed by atoms with van der Waals surface area (Å²) in [6, 6.07) is 12.8. The molecule has 8 nitrogen and oxygen atoms in total. The standard InChI is InChI=1S/C19H22BrN3O5S/c1-13(2)28-15-9-7-14(8-10-15)19(25)23-22-18(24)11-12-21-29(26,27)17-6-4-3-5-16(17)20/h3-10,13,21H,11-12H2,1-2H3,(H,22,24)(H,23,25). The van der Waals surface area contributed by atoms with E-state index < -0.39 is 21.8 Å². The van der Waals surface area contributed by atoms with Crippen LogP contribution in [-0.2, 0) is 14.8 Å². The molecule has 0 aliphatic heterocycles. The molecule has 0 unspecified atom stereocenters. The van der Waals surface area contributed by atoms with E-state index in [9.17, 15) is 18.0 Å². The molecule has 2 aromatic carbocycles. The highest BCUT2D eigenvalue weighted by atomic mass is 79.9. The third kappa shape index (κ3) is 7.15. The van der Waals surface area contributed by atoms with Crippen LogP contribution in [0, 0.1) is 0 Å². The first-order chi connectivity index (χ1) is 13.7. The first-order valence-electron chi connectivity index (χ1n) is 8.79. The summed E-state index contributed by atoms with van der Waals surface area (Å²) in [5.74, 6) is -0.394. The van der Waals surface area contributed by atoms with Crippen LogP contribution in [0.4, 0.5) is 0 Å². The first kappa shape index (κ1) is 22.9. The second kappa shape index (κ2) is 10.4. The smallest absolute Gasteiger partial charge is 0.269 e. The van der Waals surface area contributed by atoms with Crippen LogP contribution in [-0.4, -0.2) is 32.9 Å². The van der Waals surface area contributed by atoms with Gasteiger partial charge in [0, 0.05) is 23.0 Å². The Morgan fingerprint density at radius 1 is 1.03 bits per heavy atom. The van der Waals surface area contributed by atoms with Gasteiger partial charge in [-0.3, -0.25) is 20.4 Å². The first-order valence-corrected chi connectivity index (χ1v) is 11.1. The Balaban J connectivity index is 1.78. The van der Waals surface area contributed by atoms with Gasteiger partial charge in [0.2, 0.25) is 15.9 Å². The maximum absolute atomic E-state index is 12.2. The summed E-state index contributed by atoms with van der Waals surface area (Å²) in [5, 5.41) is 0. The Morgan fingerprint density at radius 3 is 2.31 bits per heavy atom. The second-order valence-corrected chi connectivity index (χ2v) is 8.86. The van der Waals surface area contributed by atoms with Gasteiger partial charge in [0.1, 0.15) is 5.75 Å². The van der Waals surface area contributed by atoms with Crippen LogP contribution in [0.2, 0.25) is 0 Å². The maximum atomic E-state index is 12.2. The van der Waals surface area contributed by atoms with E-state index in [2.05, 4.69) is 31.5 Å². The third-order valence-corrected chi connectivity index (χ3v) is 6.05. The minimum Gasteiger partial charge on any atom is -0.491 e. The predicted octanol–water partition coefficient (Wildman–Crippen LogP) is 2.37. The Morgan fingerprint density at radius 2 is 1.69 bits per heavy atom. The van der Waals surface area contributed by atoms with Gasteiger partial charge in [0.15, 0.2) is 0 Å². The number of benzene rings is 2. The second-order valence-electron chi connectivity index (χ2n) is 6.27. The van der Waals surface area contributed by atoms with E-state index in [4.69, 9.17) is 4.74 Å². The fraction of sp³-hybridized carbons (Fsp3) is 0.263. The molecule has 0 heterocycles. The van der Waals surface area contributed by atoms with Crippen molar-refractivity contribution in [2.24, 2.45) is 0 Å². The quantitative estimate of drug-likeness (QED) is 0.498. The van der Waals surface area contributed by atoms with Crippen LogP contribution in [0.5, 0.6) is 5.75 Å². The molecule has 29 heavy (non-hydrogen) atoms. The largest absolute Gasteiger partial charge is 0.491 e. The third-order valence-electron chi connectivity index (χ3n) is 3.57. The normalized spacial score (nSPS) is 11.2. The van der Waals surface area contributed by atoms with Crippen molar-refractivity contribution in [2.45, 2.75) is 31.3 Å². The van der Waals surface area contributed by atoms with E-state index in [-0.39, 0.29) is 24.0 Å². The topological polar surface area (TPSA) is 114 Å². The Bertz CT molecular complexity index is 962. The van der Waals surface area contributed by atoms with E-state index in [0.29, 0.717) is 15.8 Å². The Hall–Kier alpha value is -2.43. The lowest BCUT2D eigenvalue weighted by Gasteiger charge is -2.11. The lowest BCUT2D eigenvalue weighted by atomic mass is 10.2. The fourth-order valence-electron chi connectivity index (χ4n) is 2.26. The number of amides is 2. The molecule has 0 spiro atoms. The minimum absolute atomic E-state index is 0.0226. The summed E-state index contributed by atoms with van der Waals surface area (Å²) < 4.78 is 32.7. The van der Waals surface area contributed by atoms with E-state index >= 15 is 0 Å². The van der Waals surface area contributed by atoms with E-state index in [1.54, 1.807) is 42.5 Å². The zero-order valence-corrected chi connectivity index (χ0v) is 18.3. The van der Waals surface area contributed by atoms with Crippen molar-refractivity contribution in [3.05, 3.63) is 58.6 Å². The number of carbonyl (C=O) groups is 2. The molecule has 0 radical (unpaired) electrons. The van der Waals surface area contributed by atoms with Crippen LogP contribution in [0.15, 0.2) is 57.9 Å². The molecule has 0 aliphatic carbocycles. The van der Waals surface area contributed by atoms with Crippen molar-refractivity contribution in [3.8, 4) is 5.75 Å². The van der Waals surface area contributed by atoms with Crippen LogP contribution >= 0.6 is 15.9 Å². The van der Waals surface area contributed by atoms with Crippen molar-refractivity contribution >= 4 is 37.8 Å². The molecule has 0 atom stereocenters. The van der Waals surface area contributed by atoms with Gasteiger partial charge in [-0.1, -0.05) is 12.1 Å². The van der Waals surface area contributed by atoms with Gasteiger partial charge in [-0.25, -0.2) is 13.1 Å². The minimum atomic E-state index is -3.75. The summed E-state index contributed by atoms with van der Waals surface area (Å²) in [4.78, 5) is 24.0. The van der Waals surface area contributed by atoms with Crippen LogP contribution < -0.4 is 20.3 Å². The van der Waals surface area contributed by atoms with Crippen molar-refractivity contribution in [3.63, 3.8) is 0 Å². The molecule has 3 N–H and O–H groups in total. The summed E-state index contributed by atoms with van der Waals surface area (Å²) >= 11 is 3.18. The number of sulfonamides is 1. The lowest BCUT2D eigenvalue weighted by Crippen LogP contribution is -2.42. The maximum Gasteiger partial charge on any atom is 0.269 e. The van der Waals surface area contributed by atoms with Crippen molar-refractivity contribution < 1.29 is 22.7 Å². The zero-order valence-electron chi connectivity index (χ0n) is 15.9. The zero-order chi connectivity index (χ0) is 21.4. The summed E-state index contributed by atoms with van der Waals surface area (Å²) in [6.45, 7) is 3.68. The molecule has 2 aromatic rings. The number of nitrogens with one attached hydrogen (secondary N) is 3. The highest BCUT2D eigenvalue weighted by Gasteiger charge is 2.17. The molecule has 10 heteroatoms. The van der Waals surface area contributed by atoms with E-state index in [1.165, 1.54) is 6.07 Å². The Labute approximate surface area is 178 Å². The van der Waals surface area contributed by atoms with E-state index in [0.717, 1.165) is 0 Å². The average Bonchev–Trinajstić information content (AvgIpc) is 2.66. The summed E-state index contributed by atoms with van der Waals surface area (Å²) in [5.41, 5.74) is 4.88. The van der Waals surface area contributed by atoms with Crippen LogP contribution in [0.25, 0.3) is 0 Å². The van der Waals surface area contributed by atoms with Gasteiger partial charge < -0.3 is 4.74 Å². The molecule has 2 rings (SSSR count). The van der Waals surface area contributed by atoms with Gasteiger partial charge in [-0.2, -0.15) is 0 Å². The van der Waals surface area contributed by atoms with E-state index in [1.807, 2.05) is 13.8 Å². The van der Waals surface area contributed by atoms with Crippen molar-refractivity contribution in [2.75, 3.05) is 6.54 Å². The molecule has 156 valence electrons. The highest BCUT2D eigenvalue weighted by Crippen LogP contribution is 2.20. The number of hydrogen-bond acceptors (Lipinski definition) is 5. The molecule has 0 bridgehead atoms. The van der Waals surface area contributed by atoms with Gasteiger partial charge in [0.25, 0.3) is 5.91 Å². The van der Waals surface area contributed by atoms with Crippen LogP contribution in [0.1, 0.15) is 30.6 Å². The molecule has 0 aromatic heterocycles. The molecule has 0 saturated heterocycles. The summed E-state index contributed by atoms with van der Waals surface area (Å²) in [6.07, 6.45) is -0.125. The van der Waals surface area contributed by atoms with Crippen molar-refractivity contribution in [1.82, 2.24) is 15.6 Å².